The van der Waals surface area contributed by atoms with Gasteiger partial charge in [-0.2, -0.15) is 0 Å². The van der Waals surface area contributed by atoms with E-state index in [1.807, 2.05) is 19.2 Å². The Morgan fingerprint density at radius 2 is 2.03 bits per heavy atom. The molecule has 1 aromatic carbocycles. The Hall–Kier alpha value is -2.18. The number of amides is 1. The topological polar surface area (TPSA) is 54.5 Å². The first kappa shape index (κ1) is 22.0. The summed E-state index contributed by atoms with van der Waals surface area (Å²) in [4.78, 5) is 18.9. The van der Waals surface area contributed by atoms with Crippen LogP contribution in [-0.2, 0) is 4.79 Å². The molecule has 3 aliphatic rings. The zero-order valence-corrected chi connectivity index (χ0v) is 18.8. The Morgan fingerprint density at radius 3 is 2.74 bits per heavy atom. The molecule has 1 unspecified atom stereocenters. The lowest BCUT2D eigenvalue weighted by molar-refractivity contribution is -0.131. The molecule has 7 heteroatoms. The Bertz CT molecular complexity index is 983. The largest absolute Gasteiger partial charge is 0.490 e. The highest BCUT2D eigenvalue weighted by atomic mass is 35.5. The summed E-state index contributed by atoms with van der Waals surface area (Å²) in [5.41, 5.74) is 1.68. The van der Waals surface area contributed by atoms with Crippen LogP contribution in [0.2, 0.25) is 0 Å². The van der Waals surface area contributed by atoms with Crippen LogP contribution in [0.5, 0.6) is 5.75 Å². The fourth-order valence-corrected chi connectivity index (χ4v) is 4.87. The molecule has 1 saturated carbocycles. The summed E-state index contributed by atoms with van der Waals surface area (Å²) in [6.07, 6.45) is 6.77. The van der Waals surface area contributed by atoms with Crippen LogP contribution in [0.1, 0.15) is 50.8 Å². The monoisotopic (exact) mass is 445 g/mol. The van der Waals surface area contributed by atoms with Crippen molar-refractivity contribution in [3.05, 3.63) is 48.0 Å². The number of halogens is 2. The van der Waals surface area contributed by atoms with Gasteiger partial charge in [0.05, 0.1) is 17.8 Å². The van der Waals surface area contributed by atoms with E-state index in [1.165, 1.54) is 18.9 Å². The number of pyridine rings is 1. The van der Waals surface area contributed by atoms with E-state index >= 15 is 0 Å². The van der Waals surface area contributed by atoms with Crippen molar-refractivity contribution in [2.24, 2.45) is 5.92 Å². The Morgan fingerprint density at radius 1 is 1.23 bits per heavy atom. The Balaban J connectivity index is 0.00000231. The van der Waals surface area contributed by atoms with Gasteiger partial charge in [0, 0.05) is 25.4 Å². The van der Waals surface area contributed by atoms with Crippen molar-refractivity contribution in [3.63, 3.8) is 0 Å². The number of rotatable bonds is 5. The van der Waals surface area contributed by atoms with Crippen LogP contribution in [-0.4, -0.2) is 41.0 Å². The fraction of sp³-hybridized carbons (Fsp3) is 0.500. The lowest BCUT2D eigenvalue weighted by Gasteiger charge is -2.23. The van der Waals surface area contributed by atoms with Gasteiger partial charge in [-0.25, -0.2) is 4.39 Å². The van der Waals surface area contributed by atoms with Crippen molar-refractivity contribution in [2.45, 2.75) is 56.7 Å². The molecule has 31 heavy (non-hydrogen) atoms. The van der Waals surface area contributed by atoms with Crippen LogP contribution in [0.25, 0.3) is 11.1 Å². The summed E-state index contributed by atoms with van der Waals surface area (Å²) in [5, 5.41) is 3.54. The summed E-state index contributed by atoms with van der Waals surface area (Å²) < 4.78 is 20.7. The van der Waals surface area contributed by atoms with Gasteiger partial charge < -0.3 is 9.64 Å². The van der Waals surface area contributed by atoms with Crippen LogP contribution in [0, 0.1) is 11.7 Å². The van der Waals surface area contributed by atoms with E-state index in [0.29, 0.717) is 17.2 Å². The maximum atomic E-state index is 14.7. The highest BCUT2D eigenvalue weighted by Gasteiger charge is 2.50. The van der Waals surface area contributed by atoms with Crippen LogP contribution in [0.4, 0.5) is 4.39 Å². The molecule has 5 rings (SSSR count). The second-order valence-corrected chi connectivity index (χ2v) is 9.07. The zero-order valence-electron chi connectivity index (χ0n) is 17.9. The standard InChI is InChI=1S/C24H28FN3O2.ClH/c1-15(16-3-4-16)30-18-5-6-20(25)19(14-18)17-8-11-26-22(13-17)21-7-9-24(27-21)10-12-28(2)23(24)29;/h5-6,8,11,13-16,21,27H,3-4,7,9-10,12H2,1-2H3;1H/t15?,21-,24+;/m1./s1. The van der Waals surface area contributed by atoms with Gasteiger partial charge >= 0.3 is 0 Å². The second-order valence-electron chi connectivity index (χ2n) is 9.07. The molecule has 1 N–H and O–H groups in total. The highest BCUT2D eigenvalue weighted by Crippen LogP contribution is 2.40. The molecule has 166 valence electrons. The minimum Gasteiger partial charge on any atom is -0.490 e. The molecule has 2 saturated heterocycles. The molecular weight excluding hydrogens is 417 g/mol. The van der Waals surface area contributed by atoms with Gasteiger partial charge in [-0.05, 0) is 80.8 Å². The molecule has 1 amide bonds. The van der Waals surface area contributed by atoms with E-state index in [-0.39, 0.29) is 36.3 Å². The summed E-state index contributed by atoms with van der Waals surface area (Å²) in [7, 11) is 1.85. The quantitative estimate of drug-likeness (QED) is 0.735. The van der Waals surface area contributed by atoms with Crippen molar-refractivity contribution in [1.29, 1.82) is 0 Å². The fourth-order valence-electron chi connectivity index (χ4n) is 4.87. The number of nitrogens with one attached hydrogen (secondary N) is 1. The minimum absolute atomic E-state index is 0. The summed E-state index contributed by atoms with van der Waals surface area (Å²) in [6.45, 7) is 2.86. The number of likely N-dealkylation sites (tertiary alicyclic amines) is 1. The first-order valence-electron chi connectivity index (χ1n) is 10.9. The maximum Gasteiger partial charge on any atom is 0.242 e. The molecule has 3 heterocycles. The van der Waals surface area contributed by atoms with E-state index in [1.54, 1.807) is 23.2 Å². The summed E-state index contributed by atoms with van der Waals surface area (Å²) in [6, 6.07) is 8.72. The van der Waals surface area contributed by atoms with Crippen LogP contribution >= 0.6 is 12.4 Å². The van der Waals surface area contributed by atoms with E-state index in [0.717, 1.165) is 37.1 Å². The van der Waals surface area contributed by atoms with Gasteiger partial charge in [-0.1, -0.05) is 0 Å². The van der Waals surface area contributed by atoms with E-state index in [9.17, 15) is 9.18 Å². The third-order valence-electron chi connectivity index (χ3n) is 6.94. The van der Waals surface area contributed by atoms with Gasteiger partial charge in [-0.3, -0.25) is 15.1 Å². The van der Waals surface area contributed by atoms with Gasteiger partial charge in [-0.15, -0.1) is 12.4 Å². The number of carbonyl (C=O) groups excluding carboxylic acids is 1. The van der Waals surface area contributed by atoms with Crippen molar-refractivity contribution < 1.29 is 13.9 Å². The molecule has 2 aromatic rings. The average molecular weight is 446 g/mol. The van der Waals surface area contributed by atoms with Gasteiger partial charge in [0.1, 0.15) is 17.1 Å². The Kier molecular flexibility index (Phi) is 5.97. The van der Waals surface area contributed by atoms with Crippen molar-refractivity contribution in [2.75, 3.05) is 13.6 Å². The molecule has 2 aliphatic heterocycles. The van der Waals surface area contributed by atoms with E-state index in [4.69, 9.17) is 4.74 Å². The Labute approximate surface area is 188 Å². The first-order chi connectivity index (χ1) is 14.4. The third kappa shape index (κ3) is 4.15. The average Bonchev–Trinajstić information content (AvgIpc) is 3.47. The number of aromatic nitrogens is 1. The number of benzene rings is 1. The van der Waals surface area contributed by atoms with E-state index < -0.39 is 5.54 Å². The molecule has 5 nitrogen and oxygen atoms in total. The summed E-state index contributed by atoms with van der Waals surface area (Å²) in [5.74, 6) is 1.20. The SMILES string of the molecule is CC(Oc1ccc(F)c(-c2ccnc([C@H]3CC[C@@]4(CCN(C)C4=O)N3)c2)c1)C1CC1.Cl. The van der Waals surface area contributed by atoms with Crippen molar-refractivity contribution in [3.8, 4) is 16.9 Å². The van der Waals surface area contributed by atoms with Crippen LogP contribution in [0.15, 0.2) is 36.5 Å². The molecule has 1 aliphatic carbocycles. The van der Waals surface area contributed by atoms with Gasteiger partial charge in [0.2, 0.25) is 5.91 Å². The van der Waals surface area contributed by atoms with Crippen molar-refractivity contribution >= 4 is 18.3 Å². The van der Waals surface area contributed by atoms with Crippen LogP contribution in [0.3, 0.4) is 0 Å². The molecule has 1 spiro atoms. The number of likely N-dealkylation sites (N-methyl/N-ethyl adjacent to an activating group) is 1. The number of ether oxygens (including phenoxy) is 1. The third-order valence-corrected chi connectivity index (χ3v) is 6.94. The summed E-state index contributed by atoms with van der Waals surface area (Å²) >= 11 is 0. The molecule has 3 fully saturated rings. The second kappa shape index (κ2) is 8.40. The van der Waals surface area contributed by atoms with Crippen molar-refractivity contribution in [1.82, 2.24) is 15.2 Å². The number of hydrogen-bond acceptors (Lipinski definition) is 4. The zero-order chi connectivity index (χ0) is 20.9. The number of hydrogen-bond donors (Lipinski definition) is 1. The number of nitrogens with zero attached hydrogens (tertiary/aromatic N) is 2. The maximum absolute atomic E-state index is 14.7. The van der Waals surface area contributed by atoms with Gasteiger partial charge in [0.25, 0.3) is 0 Å². The van der Waals surface area contributed by atoms with E-state index in [2.05, 4.69) is 17.2 Å². The minimum atomic E-state index is -0.463. The van der Waals surface area contributed by atoms with Crippen LogP contribution < -0.4 is 10.1 Å². The first-order valence-corrected chi connectivity index (χ1v) is 10.9. The molecule has 0 radical (unpaired) electrons. The predicted octanol–water partition coefficient (Wildman–Crippen LogP) is 4.51. The smallest absolute Gasteiger partial charge is 0.242 e. The lowest BCUT2D eigenvalue weighted by Crippen LogP contribution is -2.47. The molecule has 0 bridgehead atoms. The molecular formula is C24H29ClFN3O2. The molecule has 3 atom stereocenters. The normalized spacial score (nSPS) is 26.2. The van der Waals surface area contributed by atoms with Gasteiger partial charge in [0.15, 0.2) is 0 Å². The molecule has 1 aromatic heterocycles. The lowest BCUT2D eigenvalue weighted by atomic mass is 9.96. The predicted molar refractivity (Wildman–Crippen MR) is 120 cm³/mol. The number of carbonyl (C=O) groups is 1. The highest BCUT2D eigenvalue weighted by molar-refractivity contribution is 5.88.